The third-order valence-electron chi connectivity index (χ3n) is 6.56. The zero-order valence-electron chi connectivity index (χ0n) is 19.4. The first-order valence-corrected chi connectivity index (χ1v) is 11.4. The van der Waals surface area contributed by atoms with Crippen LogP contribution in [0.1, 0.15) is 49.3 Å². The molecular formula is C25H26N6O3. The normalized spacial score (nSPS) is 16.6. The molecular weight excluding hydrogens is 432 g/mol. The molecule has 0 saturated carbocycles. The highest BCUT2D eigenvalue weighted by Crippen LogP contribution is 2.37. The van der Waals surface area contributed by atoms with Crippen molar-refractivity contribution in [1.29, 1.82) is 0 Å². The number of hydrogen-bond donors (Lipinski definition) is 1. The molecule has 9 nitrogen and oxygen atoms in total. The molecule has 2 aliphatic rings. The van der Waals surface area contributed by atoms with Gasteiger partial charge in [-0.15, -0.1) is 5.10 Å². The van der Waals surface area contributed by atoms with Gasteiger partial charge < -0.3 is 14.5 Å². The Labute approximate surface area is 196 Å². The van der Waals surface area contributed by atoms with Crippen LogP contribution in [-0.2, 0) is 18.5 Å². The standard InChI is InChI=1S/C25H26N6O3/c1-25(2,3)31-23(27-28-29-31)22(30-9-8-15-6-4-5-7-16(15)13-30)18-10-17-11-20-21(34-14-33-20)12-19(17)26-24(18)32/h4-7,10-12,22H,8-9,13-14H2,1-3H3,(H,26,32)/t22-/m1/s1. The van der Waals surface area contributed by atoms with Gasteiger partial charge in [0.25, 0.3) is 5.56 Å². The van der Waals surface area contributed by atoms with Gasteiger partial charge in [-0.1, -0.05) is 24.3 Å². The largest absolute Gasteiger partial charge is 0.454 e. The third-order valence-corrected chi connectivity index (χ3v) is 6.56. The highest BCUT2D eigenvalue weighted by molar-refractivity contribution is 5.83. The molecule has 4 aromatic rings. The summed E-state index contributed by atoms with van der Waals surface area (Å²) in [6, 6.07) is 13.7. The van der Waals surface area contributed by atoms with E-state index in [0.29, 0.717) is 34.9 Å². The Kier molecular flexibility index (Phi) is 4.70. The van der Waals surface area contributed by atoms with Gasteiger partial charge in [-0.3, -0.25) is 9.69 Å². The summed E-state index contributed by atoms with van der Waals surface area (Å²) < 4.78 is 12.9. The number of pyridine rings is 1. The van der Waals surface area contributed by atoms with Crippen molar-refractivity contribution in [2.75, 3.05) is 13.3 Å². The Hall–Kier alpha value is -3.72. The van der Waals surface area contributed by atoms with E-state index in [1.54, 1.807) is 0 Å². The van der Waals surface area contributed by atoms with Gasteiger partial charge in [0.2, 0.25) is 6.79 Å². The van der Waals surface area contributed by atoms with Gasteiger partial charge in [0.15, 0.2) is 17.3 Å². The van der Waals surface area contributed by atoms with E-state index in [1.807, 2.05) is 22.9 Å². The maximum absolute atomic E-state index is 13.5. The highest BCUT2D eigenvalue weighted by atomic mass is 16.7. The molecule has 0 saturated heterocycles. The minimum absolute atomic E-state index is 0.168. The second-order valence-corrected chi connectivity index (χ2v) is 9.86. The van der Waals surface area contributed by atoms with Crippen molar-refractivity contribution in [2.45, 2.75) is 45.3 Å². The van der Waals surface area contributed by atoms with Crippen molar-refractivity contribution in [2.24, 2.45) is 0 Å². The Morgan fingerprint density at radius 1 is 1.06 bits per heavy atom. The second-order valence-electron chi connectivity index (χ2n) is 9.86. The molecule has 0 fully saturated rings. The Balaban J connectivity index is 1.53. The minimum atomic E-state index is -0.416. The lowest BCUT2D eigenvalue weighted by molar-refractivity contribution is 0.174. The molecule has 1 atom stereocenters. The van der Waals surface area contributed by atoms with Gasteiger partial charge in [0.1, 0.15) is 6.04 Å². The number of tetrazole rings is 1. The predicted molar refractivity (Wildman–Crippen MR) is 126 cm³/mol. The average molecular weight is 459 g/mol. The number of fused-ring (bicyclic) bond motifs is 3. The van der Waals surface area contributed by atoms with Crippen LogP contribution in [-0.4, -0.2) is 43.4 Å². The first kappa shape index (κ1) is 20.9. The lowest BCUT2D eigenvalue weighted by atomic mass is 9.95. The number of ether oxygens (including phenoxy) is 2. The van der Waals surface area contributed by atoms with E-state index in [0.717, 1.165) is 18.4 Å². The molecule has 0 bridgehead atoms. The smallest absolute Gasteiger partial charge is 0.253 e. The number of hydrogen-bond acceptors (Lipinski definition) is 7. The van der Waals surface area contributed by atoms with Crippen molar-refractivity contribution in [3.63, 3.8) is 0 Å². The molecule has 34 heavy (non-hydrogen) atoms. The lowest BCUT2D eigenvalue weighted by Gasteiger charge is -2.36. The van der Waals surface area contributed by atoms with Crippen LogP contribution in [0.5, 0.6) is 11.5 Å². The minimum Gasteiger partial charge on any atom is -0.454 e. The number of H-pyrrole nitrogens is 1. The monoisotopic (exact) mass is 458 g/mol. The molecule has 0 aliphatic carbocycles. The fraction of sp³-hybridized carbons (Fsp3) is 0.360. The summed E-state index contributed by atoms with van der Waals surface area (Å²) in [5.74, 6) is 1.96. The fourth-order valence-electron chi connectivity index (χ4n) is 4.90. The van der Waals surface area contributed by atoms with Crippen LogP contribution in [0.4, 0.5) is 0 Å². The summed E-state index contributed by atoms with van der Waals surface area (Å²) in [4.78, 5) is 18.8. The molecule has 1 N–H and O–H groups in total. The van der Waals surface area contributed by atoms with E-state index in [1.165, 1.54) is 11.1 Å². The van der Waals surface area contributed by atoms with Crippen molar-refractivity contribution in [3.05, 3.63) is 75.3 Å². The molecule has 0 radical (unpaired) electrons. The summed E-state index contributed by atoms with van der Waals surface area (Å²) >= 11 is 0. The van der Waals surface area contributed by atoms with E-state index in [9.17, 15) is 4.79 Å². The maximum Gasteiger partial charge on any atom is 0.253 e. The Morgan fingerprint density at radius 2 is 1.82 bits per heavy atom. The quantitative estimate of drug-likeness (QED) is 0.504. The van der Waals surface area contributed by atoms with Crippen molar-refractivity contribution in [1.82, 2.24) is 30.1 Å². The number of benzene rings is 2. The van der Waals surface area contributed by atoms with Crippen LogP contribution in [0, 0.1) is 0 Å². The van der Waals surface area contributed by atoms with E-state index in [-0.39, 0.29) is 17.9 Å². The van der Waals surface area contributed by atoms with Gasteiger partial charge in [-0.2, -0.15) is 0 Å². The highest BCUT2D eigenvalue weighted by Gasteiger charge is 2.35. The topological polar surface area (TPSA) is 98.2 Å². The predicted octanol–water partition coefficient (Wildman–Crippen LogP) is 3.15. The van der Waals surface area contributed by atoms with Crippen LogP contribution >= 0.6 is 0 Å². The van der Waals surface area contributed by atoms with Crippen molar-refractivity contribution in [3.8, 4) is 11.5 Å². The first-order chi connectivity index (χ1) is 16.4. The van der Waals surface area contributed by atoms with Crippen LogP contribution in [0.2, 0.25) is 0 Å². The number of rotatable bonds is 3. The van der Waals surface area contributed by atoms with Gasteiger partial charge in [-0.05, 0) is 60.9 Å². The Bertz CT molecular complexity index is 1450. The fourth-order valence-corrected chi connectivity index (χ4v) is 4.90. The zero-order chi connectivity index (χ0) is 23.4. The summed E-state index contributed by atoms with van der Waals surface area (Å²) in [6.07, 6.45) is 0.897. The summed E-state index contributed by atoms with van der Waals surface area (Å²) in [5, 5.41) is 13.6. The average Bonchev–Trinajstić information content (AvgIpc) is 3.47. The SMILES string of the molecule is CC(C)(C)n1nnnc1[C@@H](c1cc2cc3c(cc2[nH]c1=O)OCO3)N1CCc2ccccc2C1. The Morgan fingerprint density at radius 3 is 2.62 bits per heavy atom. The van der Waals surface area contributed by atoms with Crippen LogP contribution in [0.3, 0.4) is 0 Å². The number of nitrogens with zero attached hydrogens (tertiary/aromatic N) is 5. The first-order valence-electron chi connectivity index (χ1n) is 11.4. The van der Waals surface area contributed by atoms with Crippen LogP contribution in [0.25, 0.3) is 10.9 Å². The molecule has 0 spiro atoms. The molecule has 6 rings (SSSR count). The number of aromatic amines is 1. The molecule has 2 aromatic heterocycles. The number of nitrogens with one attached hydrogen (secondary N) is 1. The van der Waals surface area contributed by atoms with Gasteiger partial charge in [-0.25, -0.2) is 4.68 Å². The summed E-state index contributed by atoms with van der Waals surface area (Å²) in [6.45, 7) is 7.84. The molecule has 4 heterocycles. The van der Waals surface area contributed by atoms with E-state index >= 15 is 0 Å². The zero-order valence-corrected chi connectivity index (χ0v) is 19.4. The van der Waals surface area contributed by atoms with E-state index in [4.69, 9.17) is 9.47 Å². The molecule has 2 aromatic carbocycles. The van der Waals surface area contributed by atoms with E-state index < -0.39 is 6.04 Å². The van der Waals surface area contributed by atoms with Gasteiger partial charge in [0, 0.05) is 30.1 Å². The van der Waals surface area contributed by atoms with Crippen LogP contribution in [0.15, 0.2) is 47.3 Å². The third kappa shape index (κ3) is 3.43. The van der Waals surface area contributed by atoms with E-state index in [2.05, 4.69) is 70.4 Å². The molecule has 174 valence electrons. The van der Waals surface area contributed by atoms with Crippen molar-refractivity contribution >= 4 is 10.9 Å². The molecule has 0 amide bonds. The summed E-state index contributed by atoms with van der Waals surface area (Å²) in [5.41, 5.74) is 3.39. The second kappa shape index (κ2) is 7.66. The van der Waals surface area contributed by atoms with Crippen LogP contribution < -0.4 is 15.0 Å². The maximum atomic E-state index is 13.5. The number of aromatic nitrogens is 5. The van der Waals surface area contributed by atoms with Crippen molar-refractivity contribution < 1.29 is 9.47 Å². The molecule has 9 heteroatoms. The van der Waals surface area contributed by atoms with Gasteiger partial charge in [0.05, 0.1) is 11.1 Å². The molecule has 2 aliphatic heterocycles. The van der Waals surface area contributed by atoms with Gasteiger partial charge >= 0.3 is 0 Å². The lowest BCUT2D eigenvalue weighted by Crippen LogP contribution is -2.40. The molecule has 0 unspecified atom stereocenters. The summed E-state index contributed by atoms with van der Waals surface area (Å²) in [7, 11) is 0.